The molecule has 1 N–H and O–H groups in total. The van der Waals surface area contributed by atoms with E-state index in [0.717, 1.165) is 30.4 Å². The van der Waals surface area contributed by atoms with E-state index in [4.69, 9.17) is 4.42 Å². The summed E-state index contributed by atoms with van der Waals surface area (Å²) >= 11 is 0. The van der Waals surface area contributed by atoms with Gasteiger partial charge in [-0.25, -0.2) is 0 Å². The molecule has 1 fully saturated rings. The molecule has 1 heterocycles. The average molecular weight is 314 g/mol. The van der Waals surface area contributed by atoms with Crippen LogP contribution in [-0.4, -0.2) is 16.5 Å². The van der Waals surface area contributed by atoms with Crippen molar-refractivity contribution in [2.24, 2.45) is 16.7 Å². The van der Waals surface area contributed by atoms with Crippen LogP contribution >= 0.6 is 0 Å². The Labute approximate surface area is 138 Å². The molecule has 3 rings (SSSR count). The quantitative estimate of drug-likeness (QED) is 0.881. The van der Waals surface area contributed by atoms with Crippen molar-refractivity contribution < 1.29 is 14.3 Å². The van der Waals surface area contributed by atoms with Gasteiger partial charge in [0.1, 0.15) is 5.60 Å². The van der Waals surface area contributed by atoms with Crippen LogP contribution < -0.4 is 0 Å². The molecule has 23 heavy (non-hydrogen) atoms. The summed E-state index contributed by atoms with van der Waals surface area (Å²) in [6.45, 7) is 8.25. The summed E-state index contributed by atoms with van der Waals surface area (Å²) in [5.41, 5.74) is -0.0403. The van der Waals surface area contributed by atoms with Crippen molar-refractivity contribution in [3.63, 3.8) is 0 Å². The fourth-order valence-electron chi connectivity index (χ4n) is 4.94. The van der Waals surface area contributed by atoms with E-state index < -0.39 is 11.0 Å². The van der Waals surface area contributed by atoms with E-state index in [-0.39, 0.29) is 17.1 Å². The molecule has 124 valence electrons. The number of aliphatic hydroxyl groups is 1. The summed E-state index contributed by atoms with van der Waals surface area (Å²) in [5.74, 6) is 0.00235. The first-order valence-corrected chi connectivity index (χ1v) is 8.37. The fraction of sp³-hybridized carbons (Fsp3) is 0.550. The molecule has 2 aliphatic carbocycles. The van der Waals surface area contributed by atoms with Gasteiger partial charge in [0.25, 0.3) is 0 Å². The molecule has 2 aliphatic rings. The lowest BCUT2D eigenvalue weighted by Crippen LogP contribution is -2.60. The highest BCUT2D eigenvalue weighted by molar-refractivity contribution is 5.95. The predicted octanol–water partition coefficient (Wildman–Crippen LogP) is 4.39. The van der Waals surface area contributed by atoms with Crippen molar-refractivity contribution in [3.8, 4) is 0 Å². The average Bonchev–Trinajstić information content (AvgIpc) is 2.95. The Morgan fingerprint density at radius 3 is 2.70 bits per heavy atom. The third-order valence-electron chi connectivity index (χ3n) is 6.11. The largest absolute Gasteiger partial charge is 0.472 e. The lowest BCUT2D eigenvalue weighted by molar-refractivity contribution is -0.151. The van der Waals surface area contributed by atoms with E-state index in [1.807, 2.05) is 25.1 Å². The van der Waals surface area contributed by atoms with E-state index in [9.17, 15) is 9.90 Å². The first-order chi connectivity index (χ1) is 10.7. The molecule has 0 unspecified atom stereocenters. The van der Waals surface area contributed by atoms with Crippen LogP contribution in [-0.2, 0) is 4.79 Å². The first kappa shape index (κ1) is 16.3. The van der Waals surface area contributed by atoms with E-state index in [2.05, 4.69) is 20.8 Å². The molecule has 1 aromatic rings. The Hall–Kier alpha value is -1.61. The number of fused-ring (bicyclic) bond motifs is 1. The van der Waals surface area contributed by atoms with Crippen LogP contribution in [0.5, 0.6) is 0 Å². The lowest BCUT2D eigenvalue weighted by Gasteiger charge is -2.58. The maximum absolute atomic E-state index is 12.8. The Morgan fingerprint density at radius 2 is 2.04 bits per heavy atom. The number of carbonyl (C=O) groups is 1. The zero-order valence-electron chi connectivity index (χ0n) is 14.4. The number of ketones is 1. The van der Waals surface area contributed by atoms with Crippen LogP contribution in [0.15, 0.2) is 40.7 Å². The van der Waals surface area contributed by atoms with Crippen LogP contribution in [0.25, 0.3) is 6.08 Å². The lowest BCUT2D eigenvalue weighted by atomic mass is 9.46. The second-order valence-corrected chi connectivity index (χ2v) is 8.08. The summed E-state index contributed by atoms with van der Waals surface area (Å²) in [6.07, 6.45) is 11.6. The monoisotopic (exact) mass is 314 g/mol. The minimum absolute atomic E-state index is 0.0985. The minimum atomic E-state index is -1.11. The Morgan fingerprint density at radius 1 is 1.30 bits per heavy atom. The maximum Gasteiger partial charge on any atom is 0.160 e. The fourth-order valence-corrected chi connectivity index (χ4v) is 4.94. The van der Waals surface area contributed by atoms with Gasteiger partial charge in [-0.2, -0.15) is 0 Å². The van der Waals surface area contributed by atoms with Gasteiger partial charge >= 0.3 is 0 Å². The van der Waals surface area contributed by atoms with Crippen LogP contribution in [0.3, 0.4) is 0 Å². The molecule has 1 aromatic heterocycles. The summed E-state index contributed by atoms with van der Waals surface area (Å²) in [5, 5.41) is 11.6. The molecule has 1 saturated carbocycles. The molecular weight excluding hydrogens is 288 g/mol. The molecular formula is C20H26O3. The molecule has 0 radical (unpaired) electrons. The standard InChI is InChI=1S/C20H26O3/c1-14-12-16(21)17-18(2,3)8-5-9-19(17,4)20(14,22)10-6-15-7-11-23-13-15/h6-7,10-13,17,22H,5,8-9H2,1-4H3/t17-,19-,20+/m0/s1. The van der Waals surface area contributed by atoms with Gasteiger partial charge in [0.15, 0.2) is 5.78 Å². The second kappa shape index (κ2) is 5.20. The van der Waals surface area contributed by atoms with Crippen molar-refractivity contribution in [2.45, 2.75) is 52.6 Å². The second-order valence-electron chi connectivity index (χ2n) is 8.08. The van der Waals surface area contributed by atoms with Crippen LogP contribution in [0, 0.1) is 16.7 Å². The Bertz CT molecular complexity index is 665. The van der Waals surface area contributed by atoms with Crippen LogP contribution in [0.2, 0.25) is 0 Å². The van der Waals surface area contributed by atoms with Gasteiger partial charge in [-0.1, -0.05) is 33.3 Å². The molecule has 0 saturated heterocycles. The van der Waals surface area contributed by atoms with E-state index in [1.165, 1.54) is 0 Å². The van der Waals surface area contributed by atoms with Crippen molar-refractivity contribution in [3.05, 3.63) is 41.9 Å². The highest BCUT2D eigenvalue weighted by Gasteiger charge is 2.61. The van der Waals surface area contributed by atoms with Crippen molar-refractivity contribution >= 4 is 11.9 Å². The van der Waals surface area contributed by atoms with E-state index in [1.54, 1.807) is 18.6 Å². The Balaban J connectivity index is 2.11. The van der Waals surface area contributed by atoms with E-state index >= 15 is 0 Å². The van der Waals surface area contributed by atoms with Gasteiger partial charge in [-0.3, -0.25) is 4.79 Å². The third-order valence-corrected chi connectivity index (χ3v) is 6.11. The van der Waals surface area contributed by atoms with Crippen molar-refractivity contribution in [2.75, 3.05) is 0 Å². The van der Waals surface area contributed by atoms with Gasteiger partial charge in [-0.05, 0) is 49.0 Å². The molecule has 0 aliphatic heterocycles. The molecule has 0 spiro atoms. The summed E-state index contributed by atoms with van der Waals surface area (Å²) in [7, 11) is 0. The minimum Gasteiger partial charge on any atom is -0.472 e. The zero-order chi connectivity index (χ0) is 16.9. The maximum atomic E-state index is 12.8. The highest BCUT2D eigenvalue weighted by atomic mass is 16.3. The summed E-state index contributed by atoms with van der Waals surface area (Å²) in [6, 6.07) is 1.86. The van der Waals surface area contributed by atoms with Gasteiger partial charge in [0.05, 0.1) is 12.5 Å². The van der Waals surface area contributed by atoms with Crippen LogP contribution in [0.1, 0.15) is 52.5 Å². The molecule has 3 nitrogen and oxygen atoms in total. The zero-order valence-corrected chi connectivity index (χ0v) is 14.4. The smallest absolute Gasteiger partial charge is 0.160 e. The Kier molecular flexibility index (Phi) is 3.68. The van der Waals surface area contributed by atoms with Gasteiger partial charge in [-0.15, -0.1) is 0 Å². The number of hydrogen-bond acceptors (Lipinski definition) is 3. The van der Waals surface area contributed by atoms with Crippen molar-refractivity contribution in [1.82, 2.24) is 0 Å². The number of carbonyl (C=O) groups excluding carboxylic acids is 1. The summed E-state index contributed by atoms with van der Waals surface area (Å²) < 4.78 is 5.09. The van der Waals surface area contributed by atoms with Crippen molar-refractivity contribution in [1.29, 1.82) is 0 Å². The third kappa shape index (κ3) is 2.33. The summed E-state index contributed by atoms with van der Waals surface area (Å²) in [4.78, 5) is 12.8. The van der Waals surface area contributed by atoms with Gasteiger partial charge in [0, 0.05) is 16.9 Å². The topological polar surface area (TPSA) is 50.4 Å². The molecule has 3 heteroatoms. The highest BCUT2D eigenvalue weighted by Crippen LogP contribution is 2.60. The molecule has 0 bridgehead atoms. The molecule has 0 aromatic carbocycles. The van der Waals surface area contributed by atoms with Crippen LogP contribution in [0.4, 0.5) is 0 Å². The molecule has 3 atom stereocenters. The SMILES string of the molecule is CC1=CC(=O)[C@H]2C(C)(C)CCC[C@]2(C)[C@@]1(O)C=Cc1ccoc1. The normalized spacial score (nSPS) is 36.8. The number of rotatable bonds is 2. The van der Waals surface area contributed by atoms with Gasteiger partial charge < -0.3 is 9.52 Å². The van der Waals surface area contributed by atoms with E-state index in [0.29, 0.717) is 0 Å². The van der Waals surface area contributed by atoms with Gasteiger partial charge in [0.2, 0.25) is 0 Å². The molecule has 0 amide bonds. The predicted molar refractivity (Wildman–Crippen MR) is 90.7 cm³/mol. The number of allylic oxidation sites excluding steroid dienone is 1. The first-order valence-electron chi connectivity index (χ1n) is 8.37. The number of furan rings is 1. The number of hydrogen-bond donors (Lipinski definition) is 1.